The molecule has 2 aromatic rings. The SMILES string of the molecule is CCCCCCCCc1oc2nc(=O)n([C@H]3C[C@H](O)[C@@H](CO)O3)cc2c1CCCCCC. The summed E-state index contributed by atoms with van der Waals surface area (Å²) in [6.45, 7) is 4.15. The monoisotopic (exact) mass is 448 g/mol. The molecule has 3 atom stereocenters. The first-order valence-corrected chi connectivity index (χ1v) is 12.6. The Bertz CT molecular complexity index is 890. The molecule has 3 rings (SSSR count). The molecule has 32 heavy (non-hydrogen) atoms. The van der Waals surface area contributed by atoms with Crippen molar-refractivity contribution in [3.8, 4) is 0 Å². The molecule has 7 heteroatoms. The van der Waals surface area contributed by atoms with E-state index in [-0.39, 0.29) is 13.0 Å². The van der Waals surface area contributed by atoms with Crippen LogP contribution in [0, 0.1) is 0 Å². The van der Waals surface area contributed by atoms with Gasteiger partial charge < -0.3 is 19.4 Å². The highest BCUT2D eigenvalue weighted by Crippen LogP contribution is 2.31. The third kappa shape index (κ3) is 6.21. The summed E-state index contributed by atoms with van der Waals surface area (Å²) in [5, 5.41) is 20.3. The number of fused-ring (bicyclic) bond motifs is 1. The first kappa shape index (κ1) is 24.9. The van der Waals surface area contributed by atoms with Crippen LogP contribution in [0.1, 0.15) is 102 Å². The van der Waals surface area contributed by atoms with Gasteiger partial charge in [-0.25, -0.2) is 4.79 Å². The van der Waals surface area contributed by atoms with E-state index < -0.39 is 24.1 Å². The Labute approximate surface area is 190 Å². The average molecular weight is 449 g/mol. The van der Waals surface area contributed by atoms with Gasteiger partial charge in [0.25, 0.3) is 0 Å². The Morgan fingerprint density at radius 1 is 1.03 bits per heavy atom. The summed E-state index contributed by atoms with van der Waals surface area (Å²) in [6, 6.07) is 0. The minimum absolute atomic E-state index is 0.257. The Morgan fingerprint density at radius 3 is 2.38 bits per heavy atom. The van der Waals surface area contributed by atoms with Crippen molar-refractivity contribution < 1.29 is 19.4 Å². The average Bonchev–Trinajstić information content (AvgIpc) is 3.32. The van der Waals surface area contributed by atoms with Gasteiger partial charge in [-0.05, 0) is 19.3 Å². The van der Waals surface area contributed by atoms with E-state index >= 15 is 0 Å². The Hall–Kier alpha value is -1.70. The first-order chi connectivity index (χ1) is 15.6. The number of rotatable bonds is 14. The number of ether oxygens (including phenoxy) is 1. The smallest absolute Gasteiger partial charge is 0.353 e. The molecule has 0 aromatic carbocycles. The third-order valence-electron chi connectivity index (χ3n) is 6.53. The number of aliphatic hydroxyl groups is 2. The molecule has 0 amide bonds. The molecule has 1 saturated heterocycles. The molecule has 0 bridgehead atoms. The minimum Gasteiger partial charge on any atom is -0.442 e. The zero-order valence-corrected chi connectivity index (χ0v) is 19.7. The summed E-state index contributed by atoms with van der Waals surface area (Å²) in [7, 11) is 0. The molecular formula is C25H40N2O5. The highest BCUT2D eigenvalue weighted by molar-refractivity contribution is 5.78. The number of aromatic nitrogens is 2. The maximum absolute atomic E-state index is 12.7. The highest BCUT2D eigenvalue weighted by atomic mass is 16.5. The molecule has 2 aromatic heterocycles. The van der Waals surface area contributed by atoms with Gasteiger partial charge in [-0.3, -0.25) is 4.57 Å². The molecule has 1 aliphatic rings. The van der Waals surface area contributed by atoms with Crippen molar-refractivity contribution in [2.24, 2.45) is 0 Å². The second-order valence-corrected chi connectivity index (χ2v) is 9.10. The number of aryl methyl sites for hydroxylation is 2. The lowest BCUT2D eigenvalue weighted by Crippen LogP contribution is -2.27. The van der Waals surface area contributed by atoms with Crippen LogP contribution in [-0.2, 0) is 17.6 Å². The molecule has 1 fully saturated rings. The van der Waals surface area contributed by atoms with E-state index in [1.807, 2.05) is 0 Å². The van der Waals surface area contributed by atoms with Gasteiger partial charge in [0.05, 0.1) is 18.1 Å². The Kier molecular flexibility index (Phi) is 9.75. The molecule has 0 unspecified atom stereocenters. The summed E-state index contributed by atoms with van der Waals surface area (Å²) in [5.41, 5.74) is 1.10. The van der Waals surface area contributed by atoms with E-state index in [0.717, 1.165) is 42.4 Å². The molecule has 180 valence electrons. The number of hydrogen-bond donors (Lipinski definition) is 2. The molecule has 0 radical (unpaired) electrons. The standard InChI is InChI=1S/C25H40N2O5/c1-3-5-7-9-10-12-14-21-18(13-11-8-6-4-2)19-16-27(25(30)26-24(19)32-21)23-15-20(29)22(17-28)31-23/h16,20,22-23,28-29H,3-15,17H2,1-2H3/t20-,22+,23+/m0/s1. The highest BCUT2D eigenvalue weighted by Gasteiger charge is 2.35. The normalized spacial score (nSPS) is 21.1. The Morgan fingerprint density at radius 2 is 1.69 bits per heavy atom. The summed E-state index contributed by atoms with van der Waals surface area (Å²) in [5.74, 6) is 0.956. The second kappa shape index (κ2) is 12.5. The lowest BCUT2D eigenvalue weighted by Gasteiger charge is -2.14. The van der Waals surface area contributed by atoms with Gasteiger partial charge in [0.2, 0.25) is 5.71 Å². The fourth-order valence-electron chi connectivity index (χ4n) is 4.59. The first-order valence-electron chi connectivity index (χ1n) is 12.6. The minimum atomic E-state index is -0.797. The molecule has 0 aliphatic carbocycles. The van der Waals surface area contributed by atoms with Crippen molar-refractivity contribution in [2.45, 2.75) is 116 Å². The van der Waals surface area contributed by atoms with E-state index in [2.05, 4.69) is 18.8 Å². The summed E-state index contributed by atoms with van der Waals surface area (Å²) in [4.78, 5) is 16.9. The number of furan rings is 1. The molecule has 0 spiro atoms. The molecule has 7 nitrogen and oxygen atoms in total. The summed E-state index contributed by atoms with van der Waals surface area (Å²) >= 11 is 0. The van der Waals surface area contributed by atoms with Crippen LogP contribution in [0.3, 0.4) is 0 Å². The van der Waals surface area contributed by atoms with Gasteiger partial charge in [0, 0.05) is 24.6 Å². The third-order valence-corrected chi connectivity index (χ3v) is 6.53. The molecule has 3 heterocycles. The predicted octanol–water partition coefficient (Wildman–Crippen LogP) is 4.66. The van der Waals surface area contributed by atoms with E-state index in [0.29, 0.717) is 5.71 Å². The van der Waals surface area contributed by atoms with Gasteiger partial charge in [-0.1, -0.05) is 65.2 Å². The number of unbranched alkanes of at least 4 members (excludes halogenated alkanes) is 8. The lowest BCUT2D eigenvalue weighted by molar-refractivity contribution is -0.0457. The summed E-state index contributed by atoms with van der Waals surface area (Å²) in [6.07, 6.45) is 13.7. The second-order valence-electron chi connectivity index (χ2n) is 9.10. The zero-order chi connectivity index (χ0) is 22.9. The van der Waals surface area contributed by atoms with Gasteiger partial charge >= 0.3 is 5.69 Å². The van der Waals surface area contributed by atoms with Crippen LogP contribution < -0.4 is 5.69 Å². The van der Waals surface area contributed by atoms with Gasteiger partial charge in [0.1, 0.15) is 18.1 Å². The van der Waals surface area contributed by atoms with Crippen LogP contribution in [-0.4, -0.2) is 38.6 Å². The molecule has 0 saturated carbocycles. The van der Waals surface area contributed by atoms with Crippen molar-refractivity contribution in [1.29, 1.82) is 0 Å². The van der Waals surface area contributed by atoms with Crippen LogP contribution in [0.2, 0.25) is 0 Å². The number of nitrogens with zero attached hydrogens (tertiary/aromatic N) is 2. The Balaban J connectivity index is 1.81. The van der Waals surface area contributed by atoms with Crippen LogP contribution in [0.4, 0.5) is 0 Å². The number of aliphatic hydroxyl groups excluding tert-OH is 2. The van der Waals surface area contributed by atoms with Gasteiger partial charge in [-0.15, -0.1) is 0 Å². The summed E-state index contributed by atoms with van der Waals surface area (Å²) < 4.78 is 13.2. The van der Waals surface area contributed by atoms with Crippen LogP contribution >= 0.6 is 0 Å². The van der Waals surface area contributed by atoms with E-state index in [1.54, 1.807) is 6.20 Å². The fraction of sp³-hybridized carbons (Fsp3) is 0.760. The quantitative estimate of drug-likeness (QED) is 0.408. The predicted molar refractivity (Wildman–Crippen MR) is 125 cm³/mol. The van der Waals surface area contributed by atoms with Crippen LogP contribution in [0.15, 0.2) is 15.4 Å². The van der Waals surface area contributed by atoms with Crippen molar-refractivity contribution >= 4 is 11.1 Å². The maximum atomic E-state index is 12.7. The van der Waals surface area contributed by atoms with Gasteiger partial charge in [0.15, 0.2) is 0 Å². The largest absolute Gasteiger partial charge is 0.442 e. The lowest BCUT2D eigenvalue weighted by atomic mass is 10.0. The number of hydrogen-bond acceptors (Lipinski definition) is 6. The van der Waals surface area contributed by atoms with Gasteiger partial charge in [-0.2, -0.15) is 4.98 Å². The molecule has 2 N–H and O–H groups in total. The van der Waals surface area contributed by atoms with E-state index in [1.165, 1.54) is 55.9 Å². The van der Waals surface area contributed by atoms with Crippen LogP contribution in [0.25, 0.3) is 11.1 Å². The van der Waals surface area contributed by atoms with E-state index in [9.17, 15) is 15.0 Å². The van der Waals surface area contributed by atoms with Crippen LogP contribution in [0.5, 0.6) is 0 Å². The van der Waals surface area contributed by atoms with E-state index in [4.69, 9.17) is 9.15 Å². The van der Waals surface area contributed by atoms with Crippen molar-refractivity contribution in [3.05, 3.63) is 28.0 Å². The molecule has 1 aliphatic heterocycles. The van der Waals surface area contributed by atoms with Crippen molar-refractivity contribution in [2.75, 3.05) is 6.61 Å². The topological polar surface area (TPSA) is 97.7 Å². The zero-order valence-electron chi connectivity index (χ0n) is 19.7. The maximum Gasteiger partial charge on any atom is 0.353 e. The van der Waals surface area contributed by atoms with Crippen molar-refractivity contribution in [1.82, 2.24) is 9.55 Å². The molecular weight excluding hydrogens is 408 g/mol. The fourth-order valence-corrected chi connectivity index (χ4v) is 4.59. The van der Waals surface area contributed by atoms with Crippen molar-refractivity contribution in [3.63, 3.8) is 0 Å².